The predicted octanol–water partition coefficient (Wildman–Crippen LogP) is -1.04. The van der Waals surface area contributed by atoms with Crippen molar-refractivity contribution < 1.29 is 14.7 Å². The molecule has 7 heteroatoms. The summed E-state index contributed by atoms with van der Waals surface area (Å²) in [4.78, 5) is 24.9. The Balaban J connectivity index is 2.31. The van der Waals surface area contributed by atoms with Gasteiger partial charge >= 0.3 is 5.97 Å². The summed E-state index contributed by atoms with van der Waals surface area (Å²) in [7, 11) is 0. The van der Waals surface area contributed by atoms with Gasteiger partial charge in [-0.3, -0.25) is 4.79 Å². The molecular weight excluding hydrogens is 224 g/mol. The van der Waals surface area contributed by atoms with Crippen molar-refractivity contribution in [1.82, 2.24) is 10.6 Å². The third-order valence-corrected chi connectivity index (χ3v) is 2.15. The molecular formula is C10H14N4O3. The molecule has 0 radical (unpaired) electrons. The third kappa shape index (κ3) is 4.10. The van der Waals surface area contributed by atoms with E-state index in [0.29, 0.717) is 25.2 Å². The largest absolute Gasteiger partial charge is 0.480 e. The van der Waals surface area contributed by atoms with E-state index >= 15 is 0 Å². The monoisotopic (exact) mass is 238 g/mol. The molecule has 92 valence electrons. The molecule has 0 saturated carbocycles. The fourth-order valence-corrected chi connectivity index (χ4v) is 1.23. The molecule has 1 rings (SSSR count). The molecule has 0 spiro atoms. The second-order valence-corrected chi connectivity index (χ2v) is 3.43. The van der Waals surface area contributed by atoms with Crippen LogP contribution in [0.4, 0.5) is 0 Å². The molecule has 7 nitrogen and oxygen atoms in total. The summed E-state index contributed by atoms with van der Waals surface area (Å²) in [5, 5.41) is 14.2. The molecule has 0 aliphatic carbocycles. The Hall–Kier alpha value is -2.11. The van der Waals surface area contributed by atoms with E-state index in [9.17, 15) is 9.59 Å². The number of hydrogen-bond acceptors (Lipinski definition) is 6. The van der Waals surface area contributed by atoms with Gasteiger partial charge in [-0.05, 0) is 12.8 Å². The first-order valence-corrected chi connectivity index (χ1v) is 5.12. The van der Waals surface area contributed by atoms with E-state index in [0.717, 1.165) is 0 Å². The standard InChI is InChI=1S/C10H14N4O3/c11-7(10(16)17)2-1-3-13-9-8(6-15)12-4-5-14-9/h4-5,7,12H,1-3,11H2,(H,13,14)(H,16,17). The molecule has 0 fully saturated rings. The summed E-state index contributed by atoms with van der Waals surface area (Å²) in [6.45, 7) is 0.487. The van der Waals surface area contributed by atoms with Crippen molar-refractivity contribution in [3.05, 3.63) is 18.1 Å². The van der Waals surface area contributed by atoms with E-state index < -0.39 is 12.0 Å². The molecule has 0 aromatic heterocycles. The van der Waals surface area contributed by atoms with Crippen molar-refractivity contribution in [2.45, 2.75) is 18.9 Å². The highest BCUT2D eigenvalue weighted by Gasteiger charge is 2.12. The number of nitrogens with two attached hydrogens (primary N) is 1. The summed E-state index contributed by atoms with van der Waals surface area (Å²) in [6, 6.07) is -0.857. The lowest BCUT2D eigenvalue weighted by Gasteiger charge is -2.13. The van der Waals surface area contributed by atoms with Gasteiger partial charge in [0.05, 0.1) is 0 Å². The van der Waals surface area contributed by atoms with Crippen LogP contribution < -0.4 is 16.4 Å². The number of nitrogens with zero attached hydrogens (tertiary/aromatic N) is 1. The van der Waals surface area contributed by atoms with Crippen molar-refractivity contribution in [2.24, 2.45) is 10.7 Å². The van der Waals surface area contributed by atoms with Crippen LogP contribution in [0.25, 0.3) is 0 Å². The Labute approximate surface area is 98.1 Å². The molecule has 0 amide bonds. The zero-order valence-corrected chi connectivity index (χ0v) is 9.14. The van der Waals surface area contributed by atoms with E-state index in [2.05, 4.69) is 15.6 Å². The van der Waals surface area contributed by atoms with Gasteiger partial charge in [0.25, 0.3) is 0 Å². The van der Waals surface area contributed by atoms with Crippen LogP contribution in [0, 0.1) is 0 Å². The van der Waals surface area contributed by atoms with E-state index in [1.807, 2.05) is 0 Å². The van der Waals surface area contributed by atoms with Gasteiger partial charge in [-0.1, -0.05) is 0 Å². The van der Waals surface area contributed by atoms with E-state index in [1.165, 1.54) is 12.4 Å². The van der Waals surface area contributed by atoms with Gasteiger partial charge in [0.2, 0.25) is 0 Å². The Morgan fingerprint density at radius 2 is 2.47 bits per heavy atom. The lowest BCUT2D eigenvalue weighted by Crippen LogP contribution is -2.34. The molecule has 1 heterocycles. The molecule has 1 aliphatic heterocycles. The van der Waals surface area contributed by atoms with Crippen LogP contribution in [0.15, 0.2) is 23.1 Å². The van der Waals surface area contributed by atoms with Crippen molar-refractivity contribution in [2.75, 3.05) is 6.54 Å². The molecule has 5 N–H and O–H groups in total. The Morgan fingerprint density at radius 1 is 1.71 bits per heavy atom. The SMILES string of the molecule is NC(CCCNC1=NC=CNC1=C=O)C(=O)O. The summed E-state index contributed by atoms with van der Waals surface area (Å²) in [6.07, 6.45) is 3.96. The van der Waals surface area contributed by atoms with E-state index in [1.54, 1.807) is 5.94 Å². The number of carbonyl (C=O) groups excluding carboxylic acids is 1. The van der Waals surface area contributed by atoms with Crippen LogP contribution >= 0.6 is 0 Å². The van der Waals surface area contributed by atoms with Crippen LogP contribution in [0.1, 0.15) is 12.8 Å². The zero-order chi connectivity index (χ0) is 12.7. The maximum absolute atomic E-state index is 10.5. The van der Waals surface area contributed by atoms with E-state index in [4.69, 9.17) is 10.8 Å². The van der Waals surface area contributed by atoms with Gasteiger partial charge in [0.1, 0.15) is 6.04 Å². The number of hydrogen-bond donors (Lipinski definition) is 4. The Bertz CT molecular complexity index is 396. The fourth-order valence-electron chi connectivity index (χ4n) is 1.23. The van der Waals surface area contributed by atoms with Crippen molar-refractivity contribution in [3.8, 4) is 0 Å². The number of rotatable bonds is 5. The quantitative estimate of drug-likeness (QED) is 0.359. The van der Waals surface area contributed by atoms with Gasteiger partial charge in [0, 0.05) is 18.9 Å². The number of carbonyl (C=O) groups is 1. The molecule has 0 aromatic carbocycles. The Kier molecular flexibility index (Phi) is 4.93. The average molecular weight is 238 g/mol. The number of carboxylic acids is 1. The number of carboxylic acid groups (broad SMARTS) is 1. The fraction of sp³-hybridized carbons (Fsp3) is 0.400. The number of nitrogens with one attached hydrogen (secondary N) is 2. The highest BCUT2D eigenvalue weighted by molar-refractivity contribution is 6.05. The minimum atomic E-state index is -1.02. The van der Waals surface area contributed by atoms with Crippen LogP contribution in [0.2, 0.25) is 0 Å². The molecule has 1 atom stereocenters. The first-order valence-electron chi connectivity index (χ1n) is 5.12. The first kappa shape index (κ1) is 13.0. The van der Waals surface area contributed by atoms with Crippen LogP contribution in [-0.4, -0.2) is 35.4 Å². The third-order valence-electron chi connectivity index (χ3n) is 2.15. The van der Waals surface area contributed by atoms with Crippen molar-refractivity contribution >= 4 is 17.7 Å². The minimum absolute atomic E-state index is 0.232. The van der Waals surface area contributed by atoms with Crippen LogP contribution in [-0.2, 0) is 9.59 Å². The summed E-state index contributed by atoms with van der Waals surface area (Å²) in [5.41, 5.74) is 5.57. The van der Waals surface area contributed by atoms with Crippen LogP contribution in [0.5, 0.6) is 0 Å². The first-order chi connectivity index (χ1) is 8.15. The van der Waals surface area contributed by atoms with Crippen LogP contribution in [0.3, 0.4) is 0 Å². The zero-order valence-electron chi connectivity index (χ0n) is 9.14. The second-order valence-electron chi connectivity index (χ2n) is 3.43. The molecule has 17 heavy (non-hydrogen) atoms. The number of aliphatic carboxylic acids is 1. The maximum Gasteiger partial charge on any atom is 0.320 e. The van der Waals surface area contributed by atoms with Gasteiger partial charge in [0.15, 0.2) is 17.5 Å². The lowest BCUT2D eigenvalue weighted by molar-refractivity contribution is -0.138. The topological polar surface area (TPSA) is 117 Å². The molecule has 1 aliphatic rings. The number of aliphatic imine (C=N–C) groups is 1. The van der Waals surface area contributed by atoms with Crippen molar-refractivity contribution in [1.29, 1.82) is 0 Å². The average Bonchev–Trinajstić information content (AvgIpc) is 2.34. The predicted molar refractivity (Wildman–Crippen MR) is 61.8 cm³/mol. The maximum atomic E-state index is 10.5. The summed E-state index contributed by atoms with van der Waals surface area (Å²) >= 11 is 0. The normalized spacial score (nSPS) is 15.6. The Morgan fingerprint density at radius 3 is 3.12 bits per heavy atom. The second kappa shape index (κ2) is 6.47. The minimum Gasteiger partial charge on any atom is -0.480 e. The summed E-state index contributed by atoms with van der Waals surface area (Å²) in [5.74, 6) is 1.09. The highest BCUT2D eigenvalue weighted by Crippen LogP contribution is 1.97. The van der Waals surface area contributed by atoms with Gasteiger partial charge in [-0.25, -0.2) is 9.79 Å². The molecule has 0 saturated heterocycles. The highest BCUT2D eigenvalue weighted by atomic mass is 16.4. The van der Waals surface area contributed by atoms with Gasteiger partial charge < -0.3 is 21.5 Å². The molecule has 1 unspecified atom stereocenters. The van der Waals surface area contributed by atoms with E-state index in [-0.39, 0.29) is 5.70 Å². The van der Waals surface area contributed by atoms with Gasteiger partial charge in [-0.15, -0.1) is 0 Å². The van der Waals surface area contributed by atoms with Gasteiger partial charge in [-0.2, -0.15) is 0 Å². The lowest BCUT2D eigenvalue weighted by atomic mass is 10.2. The molecule has 0 aromatic rings. The van der Waals surface area contributed by atoms with Crippen molar-refractivity contribution in [3.63, 3.8) is 0 Å². The number of amidine groups is 1. The smallest absolute Gasteiger partial charge is 0.320 e. The summed E-state index contributed by atoms with van der Waals surface area (Å²) < 4.78 is 0. The molecule has 0 bridgehead atoms.